The molecule has 0 radical (unpaired) electrons. The number of hydrogen-bond donors (Lipinski definition) is 0. The van der Waals surface area contributed by atoms with Crippen molar-refractivity contribution in [3.63, 3.8) is 0 Å². The Hall–Kier alpha value is -1.04. The summed E-state index contributed by atoms with van der Waals surface area (Å²) in [5.74, 6) is -0.807. The first-order chi connectivity index (χ1) is 7.87. The lowest BCUT2D eigenvalue weighted by atomic mass is 9.78. The minimum absolute atomic E-state index is 0.0462. The van der Waals surface area contributed by atoms with E-state index in [1.807, 2.05) is 0 Å². The first-order valence-electron chi connectivity index (χ1n) is 4.95. The van der Waals surface area contributed by atoms with Crippen molar-refractivity contribution in [3.8, 4) is 5.75 Å². The number of carbonyl (C=O) groups is 1. The van der Waals surface area contributed by atoms with Crippen molar-refractivity contribution in [1.82, 2.24) is 0 Å². The number of ether oxygens (including phenoxy) is 1. The number of rotatable bonds is 2. The molecule has 1 fully saturated rings. The molecule has 0 saturated heterocycles. The van der Waals surface area contributed by atoms with Gasteiger partial charge in [0, 0.05) is 22.4 Å². The molecule has 92 valence electrons. The summed E-state index contributed by atoms with van der Waals surface area (Å²) < 4.78 is 41.1. The maximum atomic E-state index is 12.2. The first-order valence-corrected chi connectivity index (χ1v) is 5.74. The van der Waals surface area contributed by atoms with Crippen molar-refractivity contribution < 1.29 is 22.7 Å². The standard InChI is InChI=1S/C11H8BrF3O2/c12-6-1-4-10(17-11(13,14)15)8(5-6)7-2-3-9(7)16/h1,4-5,7H,2-3H2. The molecule has 0 N–H and O–H groups in total. The molecule has 0 aromatic heterocycles. The SMILES string of the molecule is O=C1CCC1c1cc(Br)ccc1OC(F)(F)F. The summed E-state index contributed by atoms with van der Waals surface area (Å²) in [5.41, 5.74) is 0.299. The third-order valence-electron chi connectivity index (χ3n) is 2.64. The highest BCUT2D eigenvalue weighted by molar-refractivity contribution is 9.10. The highest BCUT2D eigenvalue weighted by atomic mass is 79.9. The van der Waals surface area contributed by atoms with Gasteiger partial charge in [-0.1, -0.05) is 15.9 Å². The monoisotopic (exact) mass is 308 g/mol. The van der Waals surface area contributed by atoms with Gasteiger partial charge in [-0.2, -0.15) is 0 Å². The molecule has 1 saturated carbocycles. The van der Waals surface area contributed by atoms with Crippen molar-refractivity contribution in [1.29, 1.82) is 0 Å². The molecule has 1 aliphatic carbocycles. The van der Waals surface area contributed by atoms with Gasteiger partial charge in [0.1, 0.15) is 11.5 Å². The summed E-state index contributed by atoms with van der Waals surface area (Å²) in [7, 11) is 0. The van der Waals surface area contributed by atoms with Gasteiger partial charge in [-0.15, -0.1) is 13.2 Å². The number of benzene rings is 1. The highest BCUT2D eigenvalue weighted by Crippen LogP contribution is 2.40. The summed E-state index contributed by atoms with van der Waals surface area (Å²) in [4.78, 5) is 11.3. The van der Waals surface area contributed by atoms with Gasteiger partial charge >= 0.3 is 6.36 Å². The summed E-state index contributed by atoms with van der Waals surface area (Å²) in [5, 5.41) is 0. The fraction of sp³-hybridized carbons (Fsp3) is 0.364. The van der Waals surface area contributed by atoms with Gasteiger partial charge in [0.25, 0.3) is 0 Å². The first kappa shape index (κ1) is 12.4. The Kier molecular flexibility index (Phi) is 3.16. The van der Waals surface area contributed by atoms with Gasteiger partial charge in [-0.25, -0.2) is 0 Å². The van der Waals surface area contributed by atoms with Crippen LogP contribution in [0.4, 0.5) is 13.2 Å². The number of Topliss-reactive ketones (excluding diaryl/α,β-unsaturated/α-hetero) is 1. The number of ketones is 1. The van der Waals surface area contributed by atoms with E-state index in [1.54, 1.807) is 0 Å². The van der Waals surface area contributed by atoms with Crippen LogP contribution in [0.15, 0.2) is 22.7 Å². The molecule has 2 rings (SSSR count). The van der Waals surface area contributed by atoms with Crippen LogP contribution in [0.5, 0.6) is 5.75 Å². The molecule has 1 aromatic rings. The maximum absolute atomic E-state index is 12.2. The van der Waals surface area contributed by atoms with Crippen molar-refractivity contribution in [2.24, 2.45) is 0 Å². The predicted molar refractivity (Wildman–Crippen MR) is 57.8 cm³/mol. The third kappa shape index (κ3) is 2.80. The van der Waals surface area contributed by atoms with E-state index in [9.17, 15) is 18.0 Å². The fourth-order valence-corrected chi connectivity index (χ4v) is 2.12. The van der Waals surface area contributed by atoms with E-state index in [1.165, 1.54) is 18.2 Å². The zero-order valence-corrected chi connectivity index (χ0v) is 10.1. The Morgan fingerprint density at radius 1 is 1.35 bits per heavy atom. The van der Waals surface area contributed by atoms with Crippen LogP contribution in [0.1, 0.15) is 24.3 Å². The van der Waals surface area contributed by atoms with Crippen molar-refractivity contribution in [3.05, 3.63) is 28.2 Å². The molecule has 0 spiro atoms. The second-order valence-corrected chi connectivity index (χ2v) is 4.70. The number of hydrogen-bond acceptors (Lipinski definition) is 2. The number of halogens is 4. The Balaban J connectivity index is 2.34. The van der Waals surface area contributed by atoms with Gasteiger partial charge in [-0.05, 0) is 24.6 Å². The van der Waals surface area contributed by atoms with E-state index in [0.29, 0.717) is 22.9 Å². The van der Waals surface area contributed by atoms with E-state index in [-0.39, 0.29) is 11.5 Å². The van der Waals surface area contributed by atoms with Gasteiger partial charge in [0.05, 0.1) is 0 Å². The second kappa shape index (κ2) is 4.33. The van der Waals surface area contributed by atoms with Crippen LogP contribution in [0, 0.1) is 0 Å². The van der Waals surface area contributed by atoms with Crippen LogP contribution in [0.3, 0.4) is 0 Å². The van der Waals surface area contributed by atoms with Crippen LogP contribution in [0.2, 0.25) is 0 Å². The Labute approximate surface area is 104 Å². The topological polar surface area (TPSA) is 26.3 Å². The molecule has 1 aromatic carbocycles. The maximum Gasteiger partial charge on any atom is 0.573 e. The summed E-state index contributed by atoms with van der Waals surface area (Å²) >= 11 is 3.17. The summed E-state index contributed by atoms with van der Waals surface area (Å²) in [6, 6.07) is 4.18. The van der Waals surface area contributed by atoms with E-state index < -0.39 is 12.3 Å². The van der Waals surface area contributed by atoms with Crippen molar-refractivity contribution in [2.45, 2.75) is 25.1 Å². The molecular formula is C11H8BrF3O2. The fourth-order valence-electron chi connectivity index (χ4n) is 1.74. The molecule has 2 nitrogen and oxygen atoms in total. The van der Waals surface area contributed by atoms with Gasteiger partial charge in [-0.3, -0.25) is 4.79 Å². The van der Waals surface area contributed by atoms with Gasteiger partial charge in [0.2, 0.25) is 0 Å². The lowest BCUT2D eigenvalue weighted by Gasteiger charge is -2.26. The third-order valence-corrected chi connectivity index (χ3v) is 3.13. The van der Waals surface area contributed by atoms with E-state index >= 15 is 0 Å². The smallest absolute Gasteiger partial charge is 0.405 e. The molecule has 0 heterocycles. The summed E-state index contributed by atoms with van der Waals surface area (Å²) in [6.07, 6.45) is -3.75. The van der Waals surface area contributed by atoms with Gasteiger partial charge in [0.15, 0.2) is 0 Å². The largest absolute Gasteiger partial charge is 0.573 e. The summed E-state index contributed by atoms with van der Waals surface area (Å²) in [6.45, 7) is 0. The average Bonchev–Trinajstić information content (AvgIpc) is 2.18. The van der Waals surface area contributed by atoms with E-state index in [0.717, 1.165) is 0 Å². The normalized spacial score (nSPS) is 20.0. The zero-order valence-electron chi connectivity index (χ0n) is 8.55. The minimum atomic E-state index is -4.74. The molecule has 6 heteroatoms. The zero-order chi connectivity index (χ0) is 12.6. The molecule has 1 atom stereocenters. The average molecular weight is 309 g/mol. The van der Waals surface area contributed by atoms with E-state index in [4.69, 9.17) is 0 Å². The van der Waals surface area contributed by atoms with Crippen LogP contribution in [-0.4, -0.2) is 12.1 Å². The van der Waals surface area contributed by atoms with Crippen LogP contribution >= 0.6 is 15.9 Å². The molecule has 0 bridgehead atoms. The molecule has 1 aliphatic rings. The number of alkyl halides is 3. The molecule has 0 aliphatic heterocycles. The van der Waals surface area contributed by atoms with E-state index in [2.05, 4.69) is 20.7 Å². The van der Waals surface area contributed by atoms with Gasteiger partial charge < -0.3 is 4.74 Å². The highest BCUT2D eigenvalue weighted by Gasteiger charge is 2.36. The lowest BCUT2D eigenvalue weighted by molar-refractivity contribution is -0.275. The molecule has 17 heavy (non-hydrogen) atoms. The van der Waals surface area contributed by atoms with Crippen molar-refractivity contribution >= 4 is 21.7 Å². The lowest BCUT2D eigenvalue weighted by Crippen LogP contribution is -2.25. The molecule has 0 amide bonds. The van der Waals surface area contributed by atoms with Crippen LogP contribution in [-0.2, 0) is 4.79 Å². The van der Waals surface area contributed by atoms with Crippen molar-refractivity contribution in [2.75, 3.05) is 0 Å². The van der Waals surface area contributed by atoms with Crippen LogP contribution in [0.25, 0.3) is 0 Å². The molecule has 1 unspecified atom stereocenters. The Morgan fingerprint density at radius 2 is 2.06 bits per heavy atom. The second-order valence-electron chi connectivity index (χ2n) is 3.79. The molecular weight excluding hydrogens is 301 g/mol. The predicted octanol–water partition coefficient (Wildman–Crippen LogP) is 3.79. The quantitative estimate of drug-likeness (QED) is 0.831. The Morgan fingerprint density at radius 3 is 2.53 bits per heavy atom. The minimum Gasteiger partial charge on any atom is -0.405 e. The Bertz CT molecular complexity index is 457. The number of carbonyl (C=O) groups excluding carboxylic acids is 1. The van der Waals surface area contributed by atoms with Crippen LogP contribution < -0.4 is 4.74 Å².